The number of para-hydroxylation sites is 1. The van der Waals surface area contributed by atoms with Crippen molar-refractivity contribution in [2.24, 2.45) is 5.73 Å². The number of morpholine rings is 1. The number of methoxy groups -OCH3 is 1. The summed E-state index contributed by atoms with van der Waals surface area (Å²) >= 11 is 1.53. The van der Waals surface area contributed by atoms with E-state index in [-0.39, 0.29) is 12.2 Å². The van der Waals surface area contributed by atoms with Crippen molar-refractivity contribution in [3.8, 4) is 5.75 Å². The number of primary amides is 1. The van der Waals surface area contributed by atoms with Gasteiger partial charge in [0.1, 0.15) is 21.9 Å². The van der Waals surface area contributed by atoms with Crippen molar-refractivity contribution < 1.29 is 23.7 Å². The summed E-state index contributed by atoms with van der Waals surface area (Å²) in [4.78, 5) is 20.8. The number of hydrogen-bond acceptors (Lipinski definition) is 9. The maximum Gasteiger partial charge on any atom is 0.249 e. The number of fused-ring (bicyclic) bond motifs is 1. The second-order valence-corrected chi connectivity index (χ2v) is 11.3. The average Bonchev–Trinajstić information content (AvgIpc) is 3.42. The van der Waals surface area contributed by atoms with E-state index in [1.807, 2.05) is 24.4 Å². The van der Waals surface area contributed by atoms with Crippen molar-refractivity contribution in [2.45, 2.75) is 56.4 Å². The fourth-order valence-electron chi connectivity index (χ4n) is 6.40. The third-order valence-electron chi connectivity index (χ3n) is 8.12. The first-order valence-electron chi connectivity index (χ1n) is 13.7. The summed E-state index contributed by atoms with van der Waals surface area (Å²) in [6.07, 6.45) is 7.38. The molecule has 6 rings (SSSR count). The number of hydrogen-bond donors (Lipinski definition) is 2. The summed E-state index contributed by atoms with van der Waals surface area (Å²) in [6, 6.07) is 5.87. The van der Waals surface area contributed by atoms with Gasteiger partial charge in [0.05, 0.1) is 42.8 Å². The molecule has 5 heterocycles. The molecule has 9 nitrogen and oxygen atoms in total. The minimum absolute atomic E-state index is 0.155. The Kier molecular flexibility index (Phi) is 7.41. The lowest BCUT2D eigenvalue weighted by atomic mass is 9.76. The maximum atomic E-state index is 13.5. The minimum atomic E-state index is -0.756. The first-order chi connectivity index (χ1) is 18.6. The van der Waals surface area contributed by atoms with E-state index < -0.39 is 11.6 Å². The second-order valence-electron chi connectivity index (χ2n) is 10.3. The Morgan fingerprint density at radius 3 is 2.61 bits per heavy atom. The van der Waals surface area contributed by atoms with E-state index in [0.717, 1.165) is 72.4 Å². The lowest BCUT2D eigenvalue weighted by Crippen LogP contribution is -2.71. The number of benzene rings is 1. The highest BCUT2D eigenvalue weighted by atomic mass is 32.1. The zero-order valence-electron chi connectivity index (χ0n) is 21.9. The SMILES string of the molecule is COc1cccc2sc(C3=CNC(C4CCCCO4)(N4CCOCC4)C(C4CCCCO4)=C3C(N)=O)nc12. The third kappa shape index (κ3) is 4.42. The lowest BCUT2D eigenvalue weighted by Gasteiger charge is -2.55. The molecule has 1 aromatic carbocycles. The average molecular weight is 541 g/mol. The van der Waals surface area contributed by atoms with Crippen molar-refractivity contribution in [3.05, 3.63) is 40.6 Å². The molecule has 1 aromatic heterocycles. The van der Waals surface area contributed by atoms with Gasteiger partial charge < -0.3 is 30.0 Å². The molecule has 0 saturated carbocycles. The molecule has 10 heteroatoms. The number of rotatable bonds is 6. The van der Waals surface area contributed by atoms with Gasteiger partial charge >= 0.3 is 0 Å². The Balaban J connectivity index is 1.56. The summed E-state index contributed by atoms with van der Waals surface area (Å²) in [5.41, 5.74) is 8.37. The lowest BCUT2D eigenvalue weighted by molar-refractivity contribution is -0.125. The van der Waals surface area contributed by atoms with Gasteiger partial charge in [0.25, 0.3) is 0 Å². The second kappa shape index (κ2) is 10.9. The van der Waals surface area contributed by atoms with Crippen molar-refractivity contribution in [1.82, 2.24) is 15.2 Å². The monoisotopic (exact) mass is 540 g/mol. The van der Waals surface area contributed by atoms with Gasteiger partial charge in [-0.3, -0.25) is 9.69 Å². The normalized spacial score (nSPS) is 29.1. The van der Waals surface area contributed by atoms with E-state index in [4.69, 9.17) is 29.7 Å². The van der Waals surface area contributed by atoms with Crippen LogP contribution in [0.4, 0.5) is 0 Å². The molecule has 0 aliphatic carbocycles. The van der Waals surface area contributed by atoms with Gasteiger partial charge in [-0.2, -0.15) is 0 Å². The standard InChI is InChI=1S/C28H36N4O5S/c1-34-20-8-6-9-21-25(20)31-27(38-21)18-17-30-28(22-10-3-5-14-37-22,32-11-15-35-16-12-32)24(23(18)26(29)33)19-7-2-4-13-36-19/h6,8-9,17,19,22,30H,2-5,7,10-16H2,1H3,(H2,29,33). The summed E-state index contributed by atoms with van der Waals surface area (Å²) in [7, 11) is 1.64. The van der Waals surface area contributed by atoms with E-state index in [1.165, 1.54) is 11.3 Å². The molecule has 0 radical (unpaired) electrons. The molecule has 4 aliphatic rings. The molecule has 0 bridgehead atoms. The first-order valence-corrected chi connectivity index (χ1v) is 14.5. The number of amides is 1. The van der Waals surface area contributed by atoms with Crippen LogP contribution >= 0.6 is 11.3 Å². The van der Waals surface area contributed by atoms with Crippen molar-refractivity contribution >= 4 is 33.0 Å². The number of carbonyl (C=O) groups excluding carboxylic acids is 1. The highest BCUT2D eigenvalue weighted by Gasteiger charge is 2.54. The topological polar surface area (TPSA) is 108 Å². The van der Waals surface area contributed by atoms with Gasteiger partial charge in [0.2, 0.25) is 5.91 Å². The predicted molar refractivity (Wildman–Crippen MR) is 146 cm³/mol. The highest BCUT2D eigenvalue weighted by molar-refractivity contribution is 7.19. The van der Waals surface area contributed by atoms with E-state index in [1.54, 1.807) is 7.11 Å². The van der Waals surface area contributed by atoms with Crippen LogP contribution in [0.25, 0.3) is 15.8 Å². The van der Waals surface area contributed by atoms with Crippen molar-refractivity contribution in [3.63, 3.8) is 0 Å². The largest absolute Gasteiger partial charge is 0.494 e. The zero-order valence-corrected chi connectivity index (χ0v) is 22.7. The van der Waals surface area contributed by atoms with Gasteiger partial charge in [-0.25, -0.2) is 4.98 Å². The number of dihydropyridines is 1. The number of nitrogens with zero attached hydrogens (tertiary/aromatic N) is 2. The quantitative estimate of drug-likeness (QED) is 0.575. The van der Waals surface area contributed by atoms with Crippen LogP contribution < -0.4 is 15.8 Å². The zero-order chi connectivity index (χ0) is 26.1. The number of ether oxygens (including phenoxy) is 4. The number of aromatic nitrogens is 1. The summed E-state index contributed by atoms with van der Waals surface area (Å²) in [6.45, 7) is 4.02. The van der Waals surface area contributed by atoms with Crippen molar-refractivity contribution in [2.75, 3.05) is 46.6 Å². The molecular weight excluding hydrogens is 504 g/mol. The van der Waals surface area contributed by atoms with Crippen LogP contribution in [0.3, 0.4) is 0 Å². The molecule has 3 N–H and O–H groups in total. The van der Waals surface area contributed by atoms with Gasteiger partial charge in [-0.15, -0.1) is 11.3 Å². The fourth-order valence-corrected chi connectivity index (χ4v) is 7.40. The van der Waals surface area contributed by atoms with E-state index >= 15 is 0 Å². The predicted octanol–water partition coefficient (Wildman–Crippen LogP) is 3.20. The fraction of sp³-hybridized carbons (Fsp3) is 0.571. The van der Waals surface area contributed by atoms with Gasteiger partial charge in [-0.05, 0) is 50.7 Å². The Labute approximate surface area is 226 Å². The molecule has 38 heavy (non-hydrogen) atoms. The van der Waals surface area contributed by atoms with Crippen LogP contribution in [0, 0.1) is 0 Å². The van der Waals surface area contributed by atoms with E-state index in [9.17, 15) is 4.79 Å². The molecule has 3 saturated heterocycles. The third-order valence-corrected chi connectivity index (χ3v) is 9.18. The molecule has 3 unspecified atom stereocenters. The molecular formula is C28H36N4O5S. The Morgan fingerprint density at radius 2 is 1.92 bits per heavy atom. The van der Waals surface area contributed by atoms with Gasteiger partial charge in [0.15, 0.2) is 0 Å². The van der Waals surface area contributed by atoms with Crippen LogP contribution in [0.2, 0.25) is 0 Å². The molecule has 2 aromatic rings. The molecule has 1 amide bonds. The van der Waals surface area contributed by atoms with Crippen LogP contribution in [0.5, 0.6) is 5.75 Å². The van der Waals surface area contributed by atoms with Crippen LogP contribution in [0.15, 0.2) is 35.5 Å². The molecule has 3 atom stereocenters. The number of nitrogens with one attached hydrogen (secondary N) is 1. The number of carbonyl (C=O) groups is 1. The Hall–Kier alpha value is -2.50. The minimum Gasteiger partial charge on any atom is -0.494 e. The number of thiazole rings is 1. The highest BCUT2D eigenvalue weighted by Crippen LogP contribution is 2.46. The maximum absolute atomic E-state index is 13.5. The summed E-state index contributed by atoms with van der Waals surface area (Å²) < 4.78 is 25.2. The molecule has 3 fully saturated rings. The van der Waals surface area contributed by atoms with Crippen LogP contribution in [0.1, 0.15) is 43.5 Å². The van der Waals surface area contributed by atoms with Gasteiger partial charge in [0, 0.05) is 43.6 Å². The van der Waals surface area contributed by atoms with Gasteiger partial charge in [-0.1, -0.05) is 6.07 Å². The summed E-state index contributed by atoms with van der Waals surface area (Å²) in [5.74, 6) is 0.231. The van der Waals surface area contributed by atoms with E-state index in [2.05, 4.69) is 10.2 Å². The Morgan fingerprint density at radius 1 is 1.13 bits per heavy atom. The van der Waals surface area contributed by atoms with Crippen molar-refractivity contribution in [1.29, 1.82) is 0 Å². The summed E-state index contributed by atoms with van der Waals surface area (Å²) in [5, 5.41) is 4.52. The molecule has 4 aliphatic heterocycles. The molecule has 204 valence electrons. The number of nitrogens with two attached hydrogens (primary N) is 1. The first kappa shape index (κ1) is 25.8. The van der Waals surface area contributed by atoms with Crippen LogP contribution in [-0.2, 0) is 19.0 Å². The van der Waals surface area contributed by atoms with E-state index in [0.29, 0.717) is 43.3 Å². The smallest absolute Gasteiger partial charge is 0.249 e. The van der Waals surface area contributed by atoms with Crippen LogP contribution in [-0.4, -0.2) is 80.3 Å². The molecule has 0 spiro atoms. The Bertz CT molecular complexity index is 1220.